The third-order valence-electron chi connectivity index (χ3n) is 4.93. The minimum Gasteiger partial charge on any atom is -0.322 e. The predicted octanol–water partition coefficient (Wildman–Crippen LogP) is 5.18. The van der Waals surface area contributed by atoms with Crippen LogP contribution in [0.15, 0.2) is 71.6 Å². The Balaban J connectivity index is 1.96. The second kappa shape index (κ2) is 8.76. The summed E-state index contributed by atoms with van der Waals surface area (Å²) < 4.78 is 64.5. The minimum absolute atomic E-state index is 0.0272. The van der Waals surface area contributed by atoms with E-state index in [0.29, 0.717) is 22.4 Å². The molecular weight excluding hydrogens is 441 g/mol. The summed E-state index contributed by atoms with van der Waals surface area (Å²) in [5.74, 6) is -0.511. The average molecular weight is 462 g/mol. The van der Waals surface area contributed by atoms with Crippen molar-refractivity contribution in [3.05, 3.63) is 83.4 Å². The van der Waals surface area contributed by atoms with Crippen LogP contribution in [0.4, 0.5) is 18.9 Å². The number of sulfonamides is 1. The lowest BCUT2D eigenvalue weighted by atomic mass is 9.98. The zero-order chi connectivity index (χ0) is 23.7. The lowest BCUT2D eigenvalue weighted by Gasteiger charge is -2.15. The Hall–Kier alpha value is -3.17. The van der Waals surface area contributed by atoms with Crippen LogP contribution in [0.5, 0.6) is 0 Å². The number of amides is 1. The van der Waals surface area contributed by atoms with E-state index in [0.717, 1.165) is 16.4 Å². The van der Waals surface area contributed by atoms with E-state index in [1.54, 1.807) is 37.3 Å². The molecule has 0 aliphatic rings. The molecule has 0 aromatic heterocycles. The van der Waals surface area contributed by atoms with Crippen LogP contribution in [-0.2, 0) is 16.2 Å². The summed E-state index contributed by atoms with van der Waals surface area (Å²) in [5, 5.41) is 2.72. The maximum atomic E-state index is 13.0. The molecule has 3 aromatic carbocycles. The number of carbonyl (C=O) groups excluding carboxylic acids is 1. The van der Waals surface area contributed by atoms with Crippen LogP contribution >= 0.6 is 0 Å². The number of carbonyl (C=O) groups is 1. The lowest BCUT2D eigenvalue weighted by Crippen LogP contribution is -2.22. The van der Waals surface area contributed by atoms with Gasteiger partial charge < -0.3 is 5.32 Å². The van der Waals surface area contributed by atoms with Crippen molar-refractivity contribution < 1.29 is 26.4 Å². The number of anilines is 1. The molecule has 1 N–H and O–H groups in total. The van der Waals surface area contributed by atoms with Crippen molar-refractivity contribution in [1.29, 1.82) is 0 Å². The largest absolute Gasteiger partial charge is 0.416 e. The maximum absolute atomic E-state index is 13.0. The van der Waals surface area contributed by atoms with Crippen molar-refractivity contribution in [2.24, 2.45) is 0 Å². The predicted molar refractivity (Wildman–Crippen MR) is 117 cm³/mol. The van der Waals surface area contributed by atoms with Crippen LogP contribution in [-0.4, -0.2) is 32.7 Å². The van der Waals surface area contributed by atoms with Crippen LogP contribution in [0.3, 0.4) is 0 Å². The van der Waals surface area contributed by atoms with Crippen LogP contribution < -0.4 is 5.32 Å². The molecule has 0 saturated heterocycles. The monoisotopic (exact) mass is 462 g/mol. The second-order valence-electron chi connectivity index (χ2n) is 7.34. The molecule has 0 unspecified atom stereocenters. The summed E-state index contributed by atoms with van der Waals surface area (Å²) >= 11 is 0. The van der Waals surface area contributed by atoms with Crippen molar-refractivity contribution in [3.8, 4) is 11.1 Å². The van der Waals surface area contributed by atoms with E-state index in [1.165, 1.54) is 38.4 Å². The summed E-state index contributed by atoms with van der Waals surface area (Å²) in [5.41, 5.74) is 1.34. The number of nitrogens with one attached hydrogen (secondary N) is 1. The summed E-state index contributed by atoms with van der Waals surface area (Å²) in [6.45, 7) is 1.73. The summed E-state index contributed by atoms with van der Waals surface area (Å²) in [6.07, 6.45) is -4.45. The number of hydrogen-bond acceptors (Lipinski definition) is 3. The Morgan fingerprint density at radius 2 is 1.56 bits per heavy atom. The van der Waals surface area contributed by atoms with Crippen molar-refractivity contribution >= 4 is 21.6 Å². The van der Waals surface area contributed by atoms with Gasteiger partial charge >= 0.3 is 6.18 Å². The van der Waals surface area contributed by atoms with Crippen molar-refractivity contribution in [2.45, 2.75) is 18.0 Å². The van der Waals surface area contributed by atoms with Gasteiger partial charge in [-0.05, 0) is 53.9 Å². The summed E-state index contributed by atoms with van der Waals surface area (Å²) in [6, 6.07) is 15.5. The van der Waals surface area contributed by atoms with Gasteiger partial charge in [0.15, 0.2) is 0 Å². The van der Waals surface area contributed by atoms with Crippen LogP contribution in [0.2, 0.25) is 0 Å². The highest BCUT2D eigenvalue weighted by molar-refractivity contribution is 7.89. The lowest BCUT2D eigenvalue weighted by molar-refractivity contribution is -0.137. The summed E-state index contributed by atoms with van der Waals surface area (Å²) in [7, 11) is -0.873. The van der Waals surface area contributed by atoms with E-state index >= 15 is 0 Å². The van der Waals surface area contributed by atoms with Gasteiger partial charge in [-0.2, -0.15) is 13.2 Å². The summed E-state index contributed by atoms with van der Waals surface area (Å²) in [4.78, 5) is 13.1. The molecule has 3 rings (SSSR count). The number of rotatable bonds is 5. The number of aryl methyl sites for hydroxylation is 1. The fourth-order valence-corrected chi connectivity index (χ4v) is 4.00. The van der Waals surface area contributed by atoms with Gasteiger partial charge in [-0.3, -0.25) is 4.79 Å². The molecule has 0 bridgehead atoms. The fourth-order valence-electron chi connectivity index (χ4n) is 3.07. The zero-order valence-corrected chi connectivity index (χ0v) is 18.4. The van der Waals surface area contributed by atoms with Crippen molar-refractivity contribution in [1.82, 2.24) is 4.31 Å². The third kappa shape index (κ3) is 4.84. The standard InChI is InChI=1S/C23H21F3N2O3S/c1-15-8-13-18(32(30,31)28(2)3)14-21(15)27-22(29)20-7-5-4-6-19(20)16-9-11-17(12-10-16)23(24,25)26/h4-14H,1-3H3,(H,27,29). The molecule has 0 atom stereocenters. The minimum atomic E-state index is -4.45. The van der Waals surface area contributed by atoms with Crippen LogP contribution in [0, 0.1) is 6.92 Å². The zero-order valence-electron chi connectivity index (χ0n) is 17.6. The third-order valence-corrected chi connectivity index (χ3v) is 6.74. The fraction of sp³-hybridized carbons (Fsp3) is 0.174. The number of hydrogen-bond donors (Lipinski definition) is 1. The Labute approximate surface area is 184 Å². The van der Waals surface area contributed by atoms with E-state index in [4.69, 9.17) is 0 Å². The number of benzene rings is 3. The Bertz CT molecular complexity index is 1250. The molecule has 0 fully saturated rings. The quantitative estimate of drug-likeness (QED) is 0.568. The SMILES string of the molecule is Cc1ccc(S(=O)(=O)N(C)C)cc1NC(=O)c1ccccc1-c1ccc(C(F)(F)F)cc1. The van der Waals surface area contributed by atoms with Gasteiger partial charge in [0.2, 0.25) is 10.0 Å². The molecule has 0 saturated carbocycles. The van der Waals surface area contributed by atoms with Gasteiger partial charge in [-0.1, -0.05) is 36.4 Å². The maximum Gasteiger partial charge on any atom is 0.416 e. The van der Waals surface area contributed by atoms with Crippen molar-refractivity contribution in [3.63, 3.8) is 0 Å². The number of nitrogens with zero attached hydrogens (tertiary/aromatic N) is 1. The highest BCUT2D eigenvalue weighted by Crippen LogP contribution is 2.32. The molecule has 1 amide bonds. The second-order valence-corrected chi connectivity index (χ2v) is 9.49. The number of alkyl halides is 3. The van der Waals surface area contributed by atoms with E-state index in [-0.39, 0.29) is 10.5 Å². The van der Waals surface area contributed by atoms with E-state index in [9.17, 15) is 26.4 Å². The normalized spacial score (nSPS) is 12.1. The molecule has 3 aromatic rings. The first kappa shape index (κ1) is 23.5. The molecule has 9 heteroatoms. The average Bonchev–Trinajstić information content (AvgIpc) is 2.74. The van der Waals surface area contributed by atoms with Gasteiger partial charge in [0.05, 0.1) is 10.5 Å². The number of halogens is 3. The highest BCUT2D eigenvalue weighted by Gasteiger charge is 2.30. The van der Waals surface area contributed by atoms with E-state index < -0.39 is 27.7 Å². The first-order valence-electron chi connectivity index (χ1n) is 9.52. The van der Waals surface area contributed by atoms with E-state index in [2.05, 4.69) is 5.32 Å². The molecule has 5 nitrogen and oxygen atoms in total. The first-order chi connectivity index (χ1) is 14.9. The van der Waals surface area contributed by atoms with Gasteiger partial charge in [-0.15, -0.1) is 0 Å². The van der Waals surface area contributed by atoms with Crippen molar-refractivity contribution in [2.75, 3.05) is 19.4 Å². The molecule has 0 aliphatic heterocycles. The van der Waals surface area contributed by atoms with E-state index in [1.807, 2.05) is 0 Å². The topological polar surface area (TPSA) is 66.5 Å². The highest BCUT2D eigenvalue weighted by atomic mass is 32.2. The molecule has 168 valence electrons. The smallest absolute Gasteiger partial charge is 0.322 e. The van der Waals surface area contributed by atoms with Gasteiger partial charge in [0.25, 0.3) is 5.91 Å². The van der Waals surface area contributed by atoms with Gasteiger partial charge in [0, 0.05) is 25.3 Å². The molecule has 0 spiro atoms. The molecular formula is C23H21F3N2O3S. The first-order valence-corrected chi connectivity index (χ1v) is 11.0. The van der Waals surface area contributed by atoms with Crippen LogP contribution in [0.25, 0.3) is 11.1 Å². The molecule has 0 heterocycles. The molecule has 32 heavy (non-hydrogen) atoms. The van der Waals surface area contributed by atoms with Crippen LogP contribution in [0.1, 0.15) is 21.5 Å². The Morgan fingerprint density at radius 3 is 2.16 bits per heavy atom. The Morgan fingerprint density at radius 1 is 0.938 bits per heavy atom. The molecule has 0 radical (unpaired) electrons. The van der Waals surface area contributed by atoms with Gasteiger partial charge in [-0.25, -0.2) is 12.7 Å². The Kier molecular flexibility index (Phi) is 6.43. The van der Waals surface area contributed by atoms with Gasteiger partial charge in [0.1, 0.15) is 0 Å². The molecule has 0 aliphatic carbocycles.